The molecule has 3 rings (SSSR count). The third kappa shape index (κ3) is 5.93. The van der Waals surface area contributed by atoms with E-state index in [2.05, 4.69) is 0 Å². The number of methoxy groups -OCH3 is 2. The summed E-state index contributed by atoms with van der Waals surface area (Å²) in [5.41, 5.74) is -4.71. The molecule has 0 bridgehead atoms. The molecule has 2 aromatic carbocycles. The highest BCUT2D eigenvalue weighted by Crippen LogP contribution is 2.45. The summed E-state index contributed by atoms with van der Waals surface area (Å²) in [6, 6.07) is 3.64. The Bertz CT molecular complexity index is 1220. The minimum atomic E-state index is -5.10. The van der Waals surface area contributed by atoms with E-state index in [1.165, 1.54) is 33.1 Å². The summed E-state index contributed by atoms with van der Waals surface area (Å²) < 4.78 is 95.9. The fraction of sp³-hybridized carbons (Fsp3) is 0.440. The Kier molecular flexibility index (Phi) is 8.18. The number of carbonyl (C=O) groups is 2. The van der Waals surface area contributed by atoms with Gasteiger partial charge in [0.2, 0.25) is 0 Å². The number of fused-ring (bicyclic) bond motifs is 1. The van der Waals surface area contributed by atoms with Crippen LogP contribution in [0.3, 0.4) is 0 Å². The number of hydrogen-bond acceptors (Lipinski definition) is 6. The van der Waals surface area contributed by atoms with Crippen molar-refractivity contribution in [3.8, 4) is 11.5 Å². The van der Waals surface area contributed by atoms with Gasteiger partial charge in [-0.1, -0.05) is 0 Å². The van der Waals surface area contributed by atoms with E-state index in [1.54, 1.807) is 0 Å². The maximum absolute atomic E-state index is 13.5. The number of ether oxygens (including phenoxy) is 3. The van der Waals surface area contributed by atoms with Gasteiger partial charge in [0.1, 0.15) is 5.66 Å². The quantitative estimate of drug-likeness (QED) is 0.427. The van der Waals surface area contributed by atoms with Gasteiger partial charge in [-0.3, -0.25) is 9.80 Å². The molecule has 1 unspecified atom stereocenters. The van der Waals surface area contributed by atoms with Crippen molar-refractivity contribution in [2.75, 3.05) is 25.7 Å². The molecule has 214 valence electrons. The Morgan fingerprint density at radius 3 is 2.10 bits per heavy atom. The van der Waals surface area contributed by atoms with E-state index in [4.69, 9.17) is 14.2 Å². The van der Waals surface area contributed by atoms with Gasteiger partial charge in [0.25, 0.3) is 0 Å². The summed E-state index contributed by atoms with van der Waals surface area (Å²) >= 11 is 0. The van der Waals surface area contributed by atoms with Gasteiger partial charge in [-0.2, -0.15) is 26.3 Å². The third-order valence-corrected chi connectivity index (χ3v) is 6.39. The average molecular weight is 564 g/mol. The predicted octanol–water partition coefficient (Wildman–Crippen LogP) is 6.33. The standard InChI is InChI=1S/C25H26F6N2O6/c1-5-39-22(36)33-18-12-19(34)20(37-3)10-15(18)6-7-23(33,2)32(21(35)38-4)13-14-8-16(24(26,27)28)11-17(9-14)25(29,30)31/h8-12,34H,5-7,13H2,1-4H3. The van der Waals surface area contributed by atoms with Crippen LogP contribution in [0.2, 0.25) is 0 Å². The fourth-order valence-corrected chi connectivity index (χ4v) is 4.49. The smallest absolute Gasteiger partial charge is 0.416 e. The monoisotopic (exact) mass is 564 g/mol. The topological polar surface area (TPSA) is 88.5 Å². The van der Waals surface area contributed by atoms with Gasteiger partial charge >= 0.3 is 24.5 Å². The Hall–Kier alpha value is -3.84. The van der Waals surface area contributed by atoms with Crippen LogP contribution in [0.25, 0.3) is 0 Å². The van der Waals surface area contributed by atoms with Gasteiger partial charge in [0.15, 0.2) is 11.5 Å². The number of hydrogen-bond donors (Lipinski definition) is 1. The van der Waals surface area contributed by atoms with Crippen molar-refractivity contribution in [3.05, 3.63) is 52.6 Å². The first-order valence-corrected chi connectivity index (χ1v) is 11.6. The molecule has 0 fully saturated rings. The van der Waals surface area contributed by atoms with Crippen LogP contribution in [0.1, 0.15) is 42.5 Å². The minimum Gasteiger partial charge on any atom is -0.504 e. The van der Waals surface area contributed by atoms with Crippen molar-refractivity contribution in [2.24, 2.45) is 0 Å². The largest absolute Gasteiger partial charge is 0.504 e. The lowest BCUT2D eigenvalue weighted by Crippen LogP contribution is -2.64. The molecule has 0 spiro atoms. The van der Waals surface area contributed by atoms with Crippen molar-refractivity contribution < 1.29 is 55.2 Å². The van der Waals surface area contributed by atoms with E-state index < -0.39 is 53.4 Å². The highest BCUT2D eigenvalue weighted by Gasteiger charge is 2.49. The summed E-state index contributed by atoms with van der Waals surface area (Å²) in [4.78, 5) is 28.1. The molecule has 1 heterocycles. The number of phenolic OH excluding ortho intramolecular Hbond substituents is 1. The zero-order valence-corrected chi connectivity index (χ0v) is 21.4. The number of halogens is 6. The summed E-state index contributed by atoms with van der Waals surface area (Å²) in [7, 11) is 2.30. The maximum atomic E-state index is 13.5. The molecule has 1 aliphatic heterocycles. The van der Waals surface area contributed by atoms with Crippen LogP contribution in [0.15, 0.2) is 30.3 Å². The zero-order chi connectivity index (χ0) is 29.3. The molecule has 0 aliphatic carbocycles. The molecule has 0 radical (unpaired) electrons. The molecule has 1 N–H and O–H groups in total. The van der Waals surface area contributed by atoms with E-state index in [-0.39, 0.29) is 42.7 Å². The molecule has 39 heavy (non-hydrogen) atoms. The molecule has 14 heteroatoms. The molecule has 0 saturated heterocycles. The molecular weight excluding hydrogens is 538 g/mol. The summed E-state index contributed by atoms with van der Waals surface area (Å²) in [5.74, 6) is -0.248. The second kappa shape index (κ2) is 10.7. The lowest BCUT2D eigenvalue weighted by molar-refractivity contribution is -0.143. The Morgan fingerprint density at radius 1 is 1.03 bits per heavy atom. The van der Waals surface area contributed by atoms with Gasteiger partial charge in [0.05, 0.1) is 44.2 Å². The average Bonchev–Trinajstić information content (AvgIpc) is 2.85. The maximum Gasteiger partial charge on any atom is 0.416 e. The number of aromatic hydroxyl groups is 1. The van der Waals surface area contributed by atoms with Crippen molar-refractivity contribution in [2.45, 2.75) is 51.2 Å². The van der Waals surface area contributed by atoms with Crippen LogP contribution in [-0.4, -0.2) is 48.7 Å². The van der Waals surface area contributed by atoms with E-state index >= 15 is 0 Å². The Morgan fingerprint density at radius 2 is 1.62 bits per heavy atom. The van der Waals surface area contributed by atoms with Gasteiger partial charge < -0.3 is 19.3 Å². The lowest BCUT2D eigenvalue weighted by atomic mass is 9.90. The van der Waals surface area contributed by atoms with Crippen LogP contribution >= 0.6 is 0 Å². The van der Waals surface area contributed by atoms with Crippen molar-refractivity contribution in [3.63, 3.8) is 0 Å². The molecule has 1 aliphatic rings. The first-order valence-electron chi connectivity index (χ1n) is 11.6. The van der Waals surface area contributed by atoms with Crippen LogP contribution in [0.5, 0.6) is 11.5 Å². The number of benzene rings is 2. The summed E-state index contributed by atoms with van der Waals surface area (Å²) in [5, 5.41) is 10.4. The van der Waals surface area contributed by atoms with E-state index in [1.807, 2.05) is 0 Å². The zero-order valence-electron chi connectivity index (χ0n) is 21.4. The summed E-state index contributed by atoms with van der Waals surface area (Å²) in [6.07, 6.45) is -12.1. The second-order valence-corrected chi connectivity index (χ2v) is 8.87. The molecule has 0 aromatic heterocycles. The highest BCUT2D eigenvalue weighted by atomic mass is 19.4. The first kappa shape index (κ1) is 29.7. The number of phenols is 1. The molecule has 2 amide bonds. The molecule has 0 saturated carbocycles. The van der Waals surface area contributed by atoms with Gasteiger partial charge in [-0.05, 0) is 62.1 Å². The number of aryl methyl sites for hydroxylation is 1. The predicted molar refractivity (Wildman–Crippen MR) is 125 cm³/mol. The van der Waals surface area contributed by atoms with Crippen molar-refractivity contribution >= 4 is 17.9 Å². The van der Waals surface area contributed by atoms with Crippen LogP contribution < -0.4 is 9.64 Å². The third-order valence-electron chi connectivity index (χ3n) is 6.39. The van der Waals surface area contributed by atoms with Crippen LogP contribution in [0, 0.1) is 0 Å². The Balaban J connectivity index is 2.20. The van der Waals surface area contributed by atoms with E-state index in [0.29, 0.717) is 17.7 Å². The molecule has 8 nitrogen and oxygen atoms in total. The van der Waals surface area contributed by atoms with Crippen LogP contribution in [0.4, 0.5) is 41.6 Å². The van der Waals surface area contributed by atoms with Gasteiger partial charge in [0, 0.05) is 6.07 Å². The normalized spacial score (nSPS) is 17.3. The fourth-order valence-electron chi connectivity index (χ4n) is 4.49. The van der Waals surface area contributed by atoms with E-state index in [9.17, 15) is 41.0 Å². The Labute approximate surface area is 219 Å². The molecule has 1 atom stereocenters. The minimum absolute atomic E-state index is 0.0209. The van der Waals surface area contributed by atoms with E-state index in [0.717, 1.165) is 16.9 Å². The highest BCUT2D eigenvalue weighted by molar-refractivity contribution is 5.92. The van der Waals surface area contributed by atoms with Crippen molar-refractivity contribution in [1.82, 2.24) is 4.90 Å². The number of anilines is 1. The summed E-state index contributed by atoms with van der Waals surface area (Å²) in [6.45, 7) is 2.03. The van der Waals surface area contributed by atoms with Gasteiger partial charge in [-0.25, -0.2) is 9.59 Å². The number of amides is 2. The molecular formula is C25H26F6N2O6. The first-order chi connectivity index (χ1) is 18.1. The lowest BCUT2D eigenvalue weighted by Gasteiger charge is -2.50. The number of alkyl halides is 6. The van der Waals surface area contributed by atoms with Crippen LogP contribution in [-0.2, 0) is 34.8 Å². The molecule has 2 aromatic rings. The SMILES string of the molecule is CCOC(=O)N1c2cc(O)c(OC)cc2CCC1(C)N(Cc1cc(C(F)(F)F)cc(C(F)(F)F)c1)C(=O)OC. The van der Waals surface area contributed by atoms with Crippen molar-refractivity contribution in [1.29, 1.82) is 0 Å². The van der Waals surface area contributed by atoms with Gasteiger partial charge in [-0.15, -0.1) is 0 Å². The second-order valence-electron chi connectivity index (χ2n) is 8.87. The number of carbonyl (C=O) groups excluding carboxylic acids is 2. The number of rotatable bonds is 5. The number of nitrogens with zero attached hydrogens (tertiary/aromatic N) is 2.